The van der Waals surface area contributed by atoms with E-state index in [4.69, 9.17) is 4.74 Å². The summed E-state index contributed by atoms with van der Waals surface area (Å²) >= 11 is 0. The number of aryl methyl sites for hydroxylation is 2. The van der Waals surface area contributed by atoms with Gasteiger partial charge in [-0.3, -0.25) is 4.79 Å². The van der Waals surface area contributed by atoms with Gasteiger partial charge >= 0.3 is 0 Å². The van der Waals surface area contributed by atoms with E-state index in [1.807, 2.05) is 32.0 Å². The van der Waals surface area contributed by atoms with Crippen molar-refractivity contribution >= 4 is 5.91 Å². The van der Waals surface area contributed by atoms with Crippen LogP contribution in [0, 0.1) is 11.6 Å². The first-order chi connectivity index (χ1) is 18.1. The van der Waals surface area contributed by atoms with Crippen molar-refractivity contribution in [2.45, 2.75) is 70.7 Å². The van der Waals surface area contributed by atoms with E-state index < -0.39 is 29.7 Å². The molecule has 7 heteroatoms. The van der Waals surface area contributed by atoms with Crippen LogP contribution in [0.3, 0.4) is 0 Å². The van der Waals surface area contributed by atoms with Crippen molar-refractivity contribution in [3.05, 3.63) is 100 Å². The zero-order valence-electron chi connectivity index (χ0n) is 22.2. The van der Waals surface area contributed by atoms with Crippen molar-refractivity contribution in [2.24, 2.45) is 0 Å². The summed E-state index contributed by atoms with van der Waals surface area (Å²) in [5, 5.41) is 17.2. The number of carbonyl (C=O) groups is 1. The summed E-state index contributed by atoms with van der Waals surface area (Å²) in [6.07, 6.45) is 1.74. The molecule has 5 nitrogen and oxygen atoms in total. The zero-order chi connectivity index (χ0) is 27.3. The molecule has 0 fully saturated rings. The second-order valence-electron chi connectivity index (χ2n) is 10.6. The first-order valence-electron chi connectivity index (χ1n) is 13.2. The Kier molecular flexibility index (Phi) is 8.80. The molecule has 1 heterocycles. The van der Waals surface area contributed by atoms with Gasteiger partial charge in [0.2, 0.25) is 0 Å². The summed E-state index contributed by atoms with van der Waals surface area (Å²) in [6, 6.07) is 16.0. The maximum Gasteiger partial charge on any atom is 0.251 e. The Morgan fingerprint density at radius 3 is 2.50 bits per heavy atom. The Morgan fingerprint density at radius 1 is 1.03 bits per heavy atom. The number of hydrogen-bond acceptors (Lipinski definition) is 4. The fraction of sp³-hybridized carbons (Fsp3) is 0.387. The summed E-state index contributed by atoms with van der Waals surface area (Å²) in [7, 11) is 0. The van der Waals surface area contributed by atoms with E-state index >= 15 is 0 Å². The maximum atomic E-state index is 13.9. The molecule has 0 saturated carbocycles. The number of nitrogens with one attached hydrogen (secondary N) is 2. The molecule has 0 aliphatic carbocycles. The highest BCUT2D eigenvalue weighted by Crippen LogP contribution is 2.33. The number of ether oxygens (including phenoxy) is 1. The Labute approximate surface area is 223 Å². The second kappa shape index (κ2) is 12.0. The van der Waals surface area contributed by atoms with E-state index in [2.05, 4.69) is 29.7 Å². The lowest BCUT2D eigenvalue weighted by atomic mass is 9.93. The van der Waals surface area contributed by atoms with Crippen LogP contribution < -0.4 is 15.4 Å². The van der Waals surface area contributed by atoms with E-state index in [0.717, 1.165) is 36.5 Å². The number of amides is 1. The molecule has 0 spiro atoms. The van der Waals surface area contributed by atoms with E-state index in [9.17, 15) is 18.7 Å². The number of rotatable bonds is 10. The smallest absolute Gasteiger partial charge is 0.251 e. The van der Waals surface area contributed by atoms with Gasteiger partial charge in [0.15, 0.2) is 0 Å². The second-order valence-corrected chi connectivity index (χ2v) is 10.6. The lowest BCUT2D eigenvalue weighted by Gasteiger charge is -2.32. The number of carbonyl (C=O) groups excluding carboxylic acids is 1. The van der Waals surface area contributed by atoms with Gasteiger partial charge in [-0.15, -0.1) is 0 Å². The van der Waals surface area contributed by atoms with Crippen LogP contribution in [0.1, 0.15) is 59.8 Å². The summed E-state index contributed by atoms with van der Waals surface area (Å²) in [5.74, 6) is -1.13. The van der Waals surface area contributed by atoms with E-state index in [1.165, 1.54) is 17.7 Å². The highest BCUT2D eigenvalue weighted by atomic mass is 19.1. The monoisotopic (exact) mass is 522 g/mol. The molecule has 3 aromatic rings. The van der Waals surface area contributed by atoms with Crippen molar-refractivity contribution in [3.8, 4) is 5.75 Å². The standard InChI is InChI=1S/C31H36F2N2O3/c1-4-20-6-5-7-21(12-20)18-34-19-28(36)27(15-22-13-25(32)17-26(33)14-22)35-30(37)24-9-8-23-10-11-31(2,3)38-29(23)16-24/h5-9,12-14,16-17,27-28,34,36H,4,10-11,15,18-19H2,1-3H3,(H,35,37). The van der Waals surface area contributed by atoms with Gasteiger partial charge in [-0.25, -0.2) is 8.78 Å². The van der Waals surface area contributed by atoms with Crippen LogP contribution in [0.4, 0.5) is 8.78 Å². The molecule has 2 atom stereocenters. The minimum absolute atomic E-state index is 0.0586. The number of fused-ring (bicyclic) bond motifs is 1. The van der Waals surface area contributed by atoms with Crippen molar-refractivity contribution in [3.63, 3.8) is 0 Å². The van der Waals surface area contributed by atoms with Crippen LogP contribution in [-0.4, -0.2) is 35.3 Å². The SMILES string of the molecule is CCc1cccc(CNCC(O)C(Cc2cc(F)cc(F)c2)NC(=O)c2ccc3c(c2)OC(C)(C)CC3)c1. The summed E-state index contributed by atoms with van der Waals surface area (Å²) in [4.78, 5) is 13.3. The predicted molar refractivity (Wildman–Crippen MR) is 144 cm³/mol. The van der Waals surface area contributed by atoms with Crippen molar-refractivity contribution in [2.75, 3.05) is 6.54 Å². The van der Waals surface area contributed by atoms with E-state index in [1.54, 1.807) is 12.1 Å². The molecule has 3 aromatic carbocycles. The minimum Gasteiger partial charge on any atom is -0.488 e. The first kappa shape index (κ1) is 27.7. The molecule has 4 rings (SSSR count). The van der Waals surface area contributed by atoms with Crippen LogP contribution in [0.25, 0.3) is 0 Å². The highest BCUT2D eigenvalue weighted by Gasteiger charge is 2.28. The third-order valence-corrected chi connectivity index (χ3v) is 6.95. The number of halogens is 2. The fourth-order valence-corrected chi connectivity index (χ4v) is 4.77. The lowest BCUT2D eigenvalue weighted by Crippen LogP contribution is -2.48. The number of aliphatic hydroxyl groups excluding tert-OH is 1. The third-order valence-electron chi connectivity index (χ3n) is 6.95. The predicted octanol–water partition coefficient (Wildman–Crippen LogP) is 5.12. The Bertz CT molecular complexity index is 1260. The molecular weight excluding hydrogens is 486 g/mol. The fourth-order valence-electron chi connectivity index (χ4n) is 4.77. The molecular formula is C31H36F2N2O3. The van der Waals surface area contributed by atoms with Gasteiger partial charge in [-0.2, -0.15) is 0 Å². The summed E-state index contributed by atoms with van der Waals surface area (Å²) in [5.41, 5.74) is 3.78. The van der Waals surface area contributed by atoms with E-state index in [-0.39, 0.29) is 18.6 Å². The molecule has 1 aliphatic heterocycles. The minimum atomic E-state index is -1.01. The summed E-state index contributed by atoms with van der Waals surface area (Å²) < 4.78 is 33.8. The van der Waals surface area contributed by atoms with Gasteiger partial charge in [0.05, 0.1) is 12.1 Å². The Morgan fingerprint density at radius 2 is 1.76 bits per heavy atom. The van der Waals surface area contributed by atoms with Gasteiger partial charge in [0, 0.05) is 24.7 Å². The largest absolute Gasteiger partial charge is 0.488 e. The molecule has 0 aromatic heterocycles. The average molecular weight is 523 g/mol. The number of hydrogen-bond donors (Lipinski definition) is 3. The molecule has 0 radical (unpaired) electrons. The number of aliphatic hydroxyl groups is 1. The molecule has 1 aliphatic rings. The molecule has 1 amide bonds. The molecule has 3 N–H and O–H groups in total. The van der Waals surface area contributed by atoms with Crippen molar-refractivity contribution < 1.29 is 23.4 Å². The molecule has 0 bridgehead atoms. The van der Waals surface area contributed by atoms with Gasteiger partial charge in [0.1, 0.15) is 23.0 Å². The highest BCUT2D eigenvalue weighted by molar-refractivity contribution is 5.95. The maximum absolute atomic E-state index is 13.9. The van der Waals surface area contributed by atoms with Crippen molar-refractivity contribution in [1.29, 1.82) is 0 Å². The van der Waals surface area contributed by atoms with Crippen LogP contribution in [0.2, 0.25) is 0 Å². The van der Waals surface area contributed by atoms with E-state index in [0.29, 0.717) is 23.4 Å². The quantitative estimate of drug-likeness (QED) is 0.346. The molecule has 0 saturated heterocycles. The molecule has 38 heavy (non-hydrogen) atoms. The van der Waals surface area contributed by atoms with Crippen molar-refractivity contribution in [1.82, 2.24) is 10.6 Å². The van der Waals surface area contributed by atoms with Crippen LogP contribution in [0.5, 0.6) is 5.75 Å². The van der Waals surface area contributed by atoms with Gasteiger partial charge < -0.3 is 20.5 Å². The average Bonchev–Trinajstić information content (AvgIpc) is 2.86. The molecule has 2 unspecified atom stereocenters. The third kappa shape index (κ3) is 7.39. The first-order valence-corrected chi connectivity index (χ1v) is 13.2. The lowest BCUT2D eigenvalue weighted by molar-refractivity contribution is 0.0805. The normalized spacial score (nSPS) is 15.7. The zero-order valence-corrected chi connectivity index (χ0v) is 22.2. The summed E-state index contributed by atoms with van der Waals surface area (Å²) in [6.45, 7) is 6.84. The van der Waals surface area contributed by atoms with Gasteiger partial charge in [0.25, 0.3) is 5.91 Å². The van der Waals surface area contributed by atoms with Crippen LogP contribution in [-0.2, 0) is 25.8 Å². The molecule has 202 valence electrons. The van der Waals surface area contributed by atoms with Crippen LogP contribution >= 0.6 is 0 Å². The van der Waals surface area contributed by atoms with Crippen LogP contribution in [0.15, 0.2) is 60.7 Å². The van der Waals surface area contributed by atoms with Gasteiger partial charge in [-0.05, 0) is 86.1 Å². The Hall–Kier alpha value is -3.29. The Balaban J connectivity index is 1.48. The topological polar surface area (TPSA) is 70.6 Å². The number of benzene rings is 3. The van der Waals surface area contributed by atoms with Gasteiger partial charge in [-0.1, -0.05) is 37.3 Å².